The molecule has 2 aromatic carbocycles. The summed E-state index contributed by atoms with van der Waals surface area (Å²) >= 11 is 0. The Hall–Kier alpha value is -1.87. The number of aliphatic hydroxyl groups excluding tert-OH is 1. The van der Waals surface area contributed by atoms with Crippen molar-refractivity contribution in [2.45, 2.75) is 33.0 Å². The summed E-state index contributed by atoms with van der Waals surface area (Å²) in [5, 5.41) is 8.92. The van der Waals surface area contributed by atoms with E-state index in [9.17, 15) is 4.39 Å². The van der Waals surface area contributed by atoms with Gasteiger partial charge < -0.3 is 9.84 Å². The summed E-state index contributed by atoms with van der Waals surface area (Å²) in [6.07, 6.45) is 0. The molecule has 0 unspecified atom stereocenters. The summed E-state index contributed by atoms with van der Waals surface area (Å²) in [5.41, 5.74) is 2.81. The Labute approximate surface area is 118 Å². The highest BCUT2D eigenvalue weighted by Crippen LogP contribution is 2.20. The van der Waals surface area contributed by atoms with Crippen LogP contribution in [0.25, 0.3) is 0 Å². The molecule has 0 aliphatic carbocycles. The highest BCUT2D eigenvalue weighted by Gasteiger charge is 2.05. The molecule has 0 aliphatic heterocycles. The van der Waals surface area contributed by atoms with Crippen molar-refractivity contribution in [1.29, 1.82) is 0 Å². The second-order valence-electron chi connectivity index (χ2n) is 5.11. The Morgan fingerprint density at radius 1 is 1.05 bits per heavy atom. The number of hydrogen-bond donors (Lipinski definition) is 1. The van der Waals surface area contributed by atoms with Gasteiger partial charge in [-0.2, -0.15) is 0 Å². The summed E-state index contributed by atoms with van der Waals surface area (Å²) in [5.74, 6) is 0.249. The molecule has 2 rings (SSSR count). The lowest BCUT2D eigenvalue weighted by atomic mass is 10.0. The van der Waals surface area contributed by atoms with Gasteiger partial charge in [-0.3, -0.25) is 0 Å². The van der Waals surface area contributed by atoms with Crippen LogP contribution in [0.15, 0.2) is 42.5 Å². The fourth-order valence-corrected chi connectivity index (χ4v) is 1.92. The molecule has 0 amide bonds. The van der Waals surface area contributed by atoms with E-state index in [-0.39, 0.29) is 12.4 Å². The van der Waals surface area contributed by atoms with E-state index in [0.29, 0.717) is 18.1 Å². The average Bonchev–Trinajstić information content (AvgIpc) is 2.46. The molecule has 1 N–H and O–H groups in total. The standard InChI is InChI=1S/C17H19FO2/c1-12(2)15-6-3-13(4-7-15)11-20-17-8-5-14(10-19)9-16(17)18/h3-9,12,19H,10-11H2,1-2H3. The SMILES string of the molecule is CC(C)c1ccc(COc2ccc(CO)cc2F)cc1. The summed E-state index contributed by atoms with van der Waals surface area (Å²) in [6.45, 7) is 4.44. The Morgan fingerprint density at radius 3 is 2.25 bits per heavy atom. The van der Waals surface area contributed by atoms with Gasteiger partial charge in [0, 0.05) is 0 Å². The Morgan fingerprint density at radius 2 is 1.70 bits per heavy atom. The van der Waals surface area contributed by atoms with Gasteiger partial charge in [-0.25, -0.2) is 4.39 Å². The fraction of sp³-hybridized carbons (Fsp3) is 0.294. The van der Waals surface area contributed by atoms with Crippen LogP contribution in [0.4, 0.5) is 4.39 Å². The molecule has 0 aliphatic rings. The van der Waals surface area contributed by atoms with E-state index >= 15 is 0 Å². The molecule has 0 atom stereocenters. The zero-order valence-corrected chi connectivity index (χ0v) is 11.8. The number of hydrogen-bond acceptors (Lipinski definition) is 2. The average molecular weight is 274 g/mol. The maximum Gasteiger partial charge on any atom is 0.165 e. The van der Waals surface area contributed by atoms with Crippen molar-refractivity contribution in [1.82, 2.24) is 0 Å². The van der Waals surface area contributed by atoms with Gasteiger partial charge in [0.2, 0.25) is 0 Å². The Balaban J connectivity index is 2.01. The van der Waals surface area contributed by atoms with Gasteiger partial charge in [0.05, 0.1) is 6.61 Å². The Bertz CT molecular complexity index is 562. The zero-order chi connectivity index (χ0) is 14.5. The third-order valence-corrected chi connectivity index (χ3v) is 3.22. The lowest BCUT2D eigenvalue weighted by molar-refractivity contribution is 0.276. The van der Waals surface area contributed by atoms with Gasteiger partial charge in [-0.1, -0.05) is 44.2 Å². The van der Waals surface area contributed by atoms with E-state index in [4.69, 9.17) is 9.84 Å². The molecule has 0 heterocycles. The normalized spacial score (nSPS) is 10.8. The lowest BCUT2D eigenvalue weighted by Crippen LogP contribution is -1.99. The lowest BCUT2D eigenvalue weighted by Gasteiger charge is -2.10. The van der Waals surface area contributed by atoms with E-state index < -0.39 is 5.82 Å². The molecule has 0 spiro atoms. The van der Waals surface area contributed by atoms with Crippen molar-refractivity contribution in [3.8, 4) is 5.75 Å². The molecule has 0 radical (unpaired) electrons. The summed E-state index contributed by atoms with van der Waals surface area (Å²) < 4.78 is 19.1. The number of rotatable bonds is 5. The van der Waals surface area contributed by atoms with Gasteiger partial charge in [0.25, 0.3) is 0 Å². The molecule has 2 nitrogen and oxygen atoms in total. The maximum atomic E-state index is 13.7. The van der Waals surface area contributed by atoms with Crippen molar-refractivity contribution < 1.29 is 14.2 Å². The van der Waals surface area contributed by atoms with E-state index in [1.807, 2.05) is 12.1 Å². The van der Waals surface area contributed by atoms with Gasteiger partial charge in [0.15, 0.2) is 11.6 Å². The van der Waals surface area contributed by atoms with E-state index in [0.717, 1.165) is 5.56 Å². The minimum atomic E-state index is -0.449. The van der Waals surface area contributed by atoms with Crippen molar-refractivity contribution >= 4 is 0 Å². The van der Waals surface area contributed by atoms with Crippen LogP contribution in [0.5, 0.6) is 5.75 Å². The van der Waals surface area contributed by atoms with Crippen LogP contribution in [-0.2, 0) is 13.2 Å². The zero-order valence-electron chi connectivity index (χ0n) is 11.8. The van der Waals surface area contributed by atoms with Crippen LogP contribution in [0.2, 0.25) is 0 Å². The first-order chi connectivity index (χ1) is 9.60. The highest BCUT2D eigenvalue weighted by molar-refractivity contribution is 5.30. The number of ether oxygens (including phenoxy) is 1. The molecule has 2 aromatic rings. The fourth-order valence-electron chi connectivity index (χ4n) is 1.92. The molecular formula is C17H19FO2. The quantitative estimate of drug-likeness (QED) is 0.892. The van der Waals surface area contributed by atoms with Gasteiger partial charge in [-0.15, -0.1) is 0 Å². The molecule has 20 heavy (non-hydrogen) atoms. The second-order valence-corrected chi connectivity index (χ2v) is 5.11. The number of benzene rings is 2. The first-order valence-electron chi connectivity index (χ1n) is 6.71. The molecule has 0 aromatic heterocycles. The van der Waals surface area contributed by atoms with Crippen LogP contribution < -0.4 is 4.74 Å². The summed E-state index contributed by atoms with van der Waals surface area (Å²) in [6, 6.07) is 12.6. The van der Waals surface area contributed by atoms with E-state index in [1.165, 1.54) is 11.6 Å². The molecule has 0 saturated heterocycles. The topological polar surface area (TPSA) is 29.5 Å². The molecule has 0 saturated carbocycles. The molecule has 0 fully saturated rings. The van der Waals surface area contributed by atoms with Gasteiger partial charge in [-0.05, 0) is 34.7 Å². The largest absolute Gasteiger partial charge is 0.486 e. The third kappa shape index (κ3) is 3.58. The van der Waals surface area contributed by atoms with Gasteiger partial charge >= 0.3 is 0 Å². The van der Waals surface area contributed by atoms with Crippen molar-refractivity contribution in [2.24, 2.45) is 0 Å². The predicted octanol–water partition coefficient (Wildman–Crippen LogP) is 4.02. The first kappa shape index (κ1) is 14.5. The van der Waals surface area contributed by atoms with Crippen LogP contribution in [-0.4, -0.2) is 5.11 Å². The highest BCUT2D eigenvalue weighted by atomic mass is 19.1. The maximum absolute atomic E-state index is 13.7. The molecule has 0 bridgehead atoms. The van der Waals surface area contributed by atoms with Crippen molar-refractivity contribution in [2.75, 3.05) is 0 Å². The van der Waals surface area contributed by atoms with Gasteiger partial charge in [0.1, 0.15) is 6.61 Å². The Kier molecular flexibility index (Phi) is 4.74. The van der Waals surface area contributed by atoms with Crippen LogP contribution in [0.3, 0.4) is 0 Å². The summed E-state index contributed by atoms with van der Waals surface area (Å²) in [7, 11) is 0. The number of halogens is 1. The minimum Gasteiger partial charge on any atom is -0.486 e. The second kappa shape index (κ2) is 6.53. The molecular weight excluding hydrogens is 255 g/mol. The first-order valence-corrected chi connectivity index (χ1v) is 6.71. The van der Waals surface area contributed by atoms with Crippen molar-refractivity contribution in [3.05, 3.63) is 65.0 Å². The van der Waals surface area contributed by atoms with E-state index in [1.54, 1.807) is 12.1 Å². The minimum absolute atomic E-state index is 0.173. The van der Waals surface area contributed by atoms with Crippen LogP contribution in [0.1, 0.15) is 36.5 Å². The molecule has 106 valence electrons. The molecule has 3 heteroatoms. The van der Waals surface area contributed by atoms with Crippen molar-refractivity contribution in [3.63, 3.8) is 0 Å². The smallest absolute Gasteiger partial charge is 0.165 e. The third-order valence-electron chi connectivity index (χ3n) is 3.22. The van der Waals surface area contributed by atoms with E-state index in [2.05, 4.69) is 26.0 Å². The predicted molar refractivity (Wildman–Crippen MR) is 77.2 cm³/mol. The number of aliphatic hydroxyl groups is 1. The van der Waals surface area contributed by atoms with Crippen LogP contribution >= 0.6 is 0 Å². The summed E-state index contributed by atoms with van der Waals surface area (Å²) in [4.78, 5) is 0. The van der Waals surface area contributed by atoms with Crippen LogP contribution in [0, 0.1) is 5.82 Å². The monoisotopic (exact) mass is 274 g/mol.